The molecule has 0 aromatic heterocycles. The van der Waals surface area contributed by atoms with Gasteiger partial charge in [-0.05, 0) is 96.6 Å². The number of ether oxygens (including phenoxy) is 3. The molecule has 3 aromatic rings. The van der Waals surface area contributed by atoms with E-state index in [-0.39, 0.29) is 25.2 Å². The predicted octanol–water partition coefficient (Wildman–Crippen LogP) is 7.00. The molecule has 0 unspecified atom stereocenters. The summed E-state index contributed by atoms with van der Waals surface area (Å²) in [4.78, 5) is 32.7. The molecule has 1 aliphatic rings. The van der Waals surface area contributed by atoms with Crippen molar-refractivity contribution in [1.29, 1.82) is 0 Å². The van der Waals surface area contributed by atoms with Crippen molar-refractivity contribution in [3.05, 3.63) is 92.4 Å². The minimum absolute atomic E-state index is 0.123. The van der Waals surface area contributed by atoms with Crippen LogP contribution in [-0.2, 0) is 14.3 Å². The molecule has 1 amide bonds. The van der Waals surface area contributed by atoms with Gasteiger partial charge in [-0.25, -0.2) is 9.79 Å². The third-order valence-electron chi connectivity index (χ3n) is 5.76. The molecule has 202 valence electrons. The van der Waals surface area contributed by atoms with Gasteiger partial charge in [0.05, 0.1) is 33.4 Å². The first-order valence-electron chi connectivity index (χ1n) is 12.6. The molecule has 0 saturated carbocycles. The third-order valence-corrected chi connectivity index (χ3v) is 7.54. The van der Waals surface area contributed by atoms with Crippen LogP contribution in [0.1, 0.15) is 37.9 Å². The van der Waals surface area contributed by atoms with E-state index in [2.05, 4.69) is 22.6 Å². The summed E-state index contributed by atoms with van der Waals surface area (Å²) >= 11 is 3.48. The number of nitrogens with zero attached hydrogens (tertiary/aromatic N) is 2. The van der Waals surface area contributed by atoms with Crippen LogP contribution in [0.25, 0.3) is 6.08 Å². The highest BCUT2D eigenvalue weighted by molar-refractivity contribution is 14.1. The first-order valence-corrected chi connectivity index (χ1v) is 14.5. The minimum atomic E-state index is -0.451. The summed E-state index contributed by atoms with van der Waals surface area (Å²) in [6.45, 7) is 6.10. The highest BCUT2D eigenvalue weighted by Gasteiger charge is 2.37. The first-order chi connectivity index (χ1) is 18.9. The highest BCUT2D eigenvalue weighted by atomic mass is 127. The minimum Gasteiger partial charge on any atom is -0.490 e. The van der Waals surface area contributed by atoms with Crippen LogP contribution in [0.2, 0.25) is 0 Å². The number of hydrogen-bond acceptors (Lipinski definition) is 7. The van der Waals surface area contributed by atoms with Crippen molar-refractivity contribution in [2.24, 2.45) is 4.99 Å². The van der Waals surface area contributed by atoms with Crippen LogP contribution in [-0.4, -0.2) is 41.8 Å². The SMILES string of the molecule is CCOC(=O)COc1c(I)cc(/C=C2/SC(=Nc3ccccc3)N([C@H](C)c3ccccc3)C2=O)cc1OCC. The zero-order valence-electron chi connectivity index (χ0n) is 21.9. The lowest BCUT2D eigenvalue weighted by atomic mass is 10.1. The summed E-state index contributed by atoms with van der Waals surface area (Å²) in [6.07, 6.45) is 1.84. The fourth-order valence-electron chi connectivity index (χ4n) is 3.96. The molecule has 0 radical (unpaired) electrons. The van der Waals surface area contributed by atoms with E-state index in [4.69, 9.17) is 19.2 Å². The molecule has 1 atom stereocenters. The maximum absolute atomic E-state index is 13.8. The maximum Gasteiger partial charge on any atom is 0.344 e. The molecule has 0 aliphatic carbocycles. The number of amides is 1. The van der Waals surface area contributed by atoms with Crippen LogP contribution >= 0.6 is 34.4 Å². The molecule has 1 aliphatic heterocycles. The number of esters is 1. The Morgan fingerprint density at radius 3 is 2.38 bits per heavy atom. The Labute approximate surface area is 246 Å². The standard InChI is InChI=1S/C30H29IN2O5S/c1-4-36-25-17-21(16-24(31)28(25)38-19-27(34)37-5-2)18-26-29(35)33(20(3)22-12-8-6-9-13-22)30(39-26)32-23-14-10-7-11-15-23/h6-18,20H,4-5,19H2,1-3H3/b26-18+,32-30?/t20-/m1/s1. The average molecular weight is 657 g/mol. The van der Waals surface area contributed by atoms with E-state index < -0.39 is 5.97 Å². The summed E-state index contributed by atoms with van der Waals surface area (Å²) < 4.78 is 17.3. The Hall–Kier alpha value is -3.31. The van der Waals surface area contributed by atoms with Gasteiger partial charge in [0, 0.05) is 0 Å². The Kier molecular flexibility index (Phi) is 10.0. The van der Waals surface area contributed by atoms with Gasteiger partial charge in [-0.3, -0.25) is 9.69 Å². The van der Waals surface area contributed by atoms with E-state index >= 15 is 0 Å². The molecule has 3 aromatic carbocycles. The first kappa shape index (κ1) is 28.7. The van der Waals surface area contributed by atoms with Gasteiger partial charge in [0.1, 0.15) is 0 Å². The van der Waals surface area contributed by atoms with E-state index in [9.17, 15) is 9.59 Å². The Morgan fingerprint density at radius 2 is 1.72 bits per heavy atom. The monoisotopic (exact) mass is 656 g/mol. The van der Waals surface area contributed by atoms with Gasteiger partial charge >= 0.3 is 5.97 Å². The van der Waals surface area contributed by atoms with Crippen molar-refractivity contribution in [2.75, 3.05) is 19.8 Å². The van der Waals surface area contributed by atoms with Gasteiger partial charge in [-0.15, -0.1) is 0 Å². The number of para-hydroxylation sites is 1. The quantitative estimate of drug-likeness (QED) is 0.133. The lowest BCUT2D eigenvalue weighted by molar-refractivity contribution is -0.145. The molecule has 4 rings (SSSR count). The fourth-order valence-corrected chi connectivity index (χ4v) is 5.81. The number of aliphatic imine (C=N–C) groups is 1. The normalized spacial score (nSPS) is 16.0. The summed E-state index contributed by atoms with van der Waals surface area (Å²) in [5.41, 5.74) is 2.57. The van der Waals surface area contributed by atoms with Crippen molar-refractivity contribution < 1.29 is 23.8 Å². The topological polar surface area (TPSA) is 77.4 Å². The van der Waals surface area contributed by atoms with E-state index in [1.54, 1.807) is 11.8 Å². The predicted molar refractivity (Wildman–Crippen MR) is 163 cm³/mol. The molecule has 0 bridgehead atoms. The maximum atomic E-state index is 13.8. The molecule has 7 nitrogen and oxygen atoms in total. The Bertz CT molecular complexity index is 1380. The second kappa shape index (κ2) is 13.7. The summed E-state index contributed by atoms with van der Waals surface area (Å²) in [5, 5.41) is 0.614. The summed E-state index contributed by atoms with van der Waals surface area (Å²) in [5.74, 6) is 0.377. The molecule has 1 fully saturated rings. The molecule has 0 N–H and O–H groups in total. The van der Waals surface area contributed by atoms with Crippen LogP contribution in [0.3, 0.4) is 0 Å². The largest absolute Gasteiger partial charge is 0.490 e. The Morgan fingerprint density at radius 1 is 1.03 bits per heavy atom. The van der Waals surface area contributed by atoms with Crippen LogP contribution < -0.4 is 9.47 Å². The number of thioether (sulfide) groups is 1. The number of benzene rings is 3. The van der Waals surface area contributed by atoms with E-state index in [1.807, 2.05) is 92.7 Å². The van der Waals surface area contributed by atoms with Crippen LogP contribution in [0.4, 0.5) is 5.69 Å². The van der Waals surface area contributed by atoms with Gasteiger partial charge < -0.3 is 14.2 Å². The lowest BCUT2D eigenvalue weighted by Crippen LogP contribution is -2.32. The van der Waals surface area contributed by atoms with Crippen molar-refractivity contribution in [3.8, 4) is 11.5 Å². The number of rotatable bonds is 10. The number of carbonyl (C=O) groups excluding carboxylic acids is 2. The molecular formula is C30H29IN2O5S. The molecule has 39 heavy (non-hydrogen) atoms. The smallest absolute Gasteiger partial charge is 0.344 e. The van der Waals surface area contributed by atoms with Crippen molar-refractivity contribution >= 4 is 63.2 Å². The zero-order chi connectivity index (χ0) is 27.8. The average Bonchev–Trinajstić information content (AvgIpc) is 3.23. The number of halogens is 1. The van der Waals surface area contributed by atoms with Crippen LogP contribution in [0.15, 0.2) is 82.7 Å². The van der Waals surface area contributed by atoms with E-state index in [1.165, 1.54) is 11.8 Å². The molecule has 9 heteroatoms. The van der Waals surface area contributed by atoms with Gasteiger partial charge in [-0.2, -0.15) is 0 Å². The second-order valence-electron chi connectivity index (χ2n) is 8.46. The third kappa shape index (κ3) is 7.21. The lowest BCUT2D eigenvalue weighted by Gasteiger charge is -2.24. The van der Waals surface area contributed by atoms with Gasteiger partial charge in [0.25, 0.3) is 5.91 Å². The second-order valence-corrected chi connectivity index (χ2v) is 10.6. The van der Waals surface area contributed by atoms with Gasteiger partial charge in [-0.1, -0.05) is 48.5 Å². The molecule has 1 heterocycles. The molecular weight excluding hydrogens is 627 g/mol. The number of hydrogen-bond donors (Lipinski definition) is 0. The fraction of sp³-hybridized carbons (Fsp3) is 0.233. The van der Waals surface area contributed by atoms with Gasteiger partial charge in [0.15, 0.2) is 23.3 Å². The van der Waals surface area contributed by atoms with Gasteiger partial charge in [0.2, 0.25) is 0 Å². The summed E-state index contributed by atoms with van der Waals surface area (Å²) in [7, 11) is 0. The van der Waals surface area contributed by atoms with Crippen molar-refractivity contribution in [3.63, 3.8) is 0 Å². The molecule has 0 spiro atoms. The van der Waals surface area contributed by atoms with Crippen molar-refractivity contribution in [1.82, 2.24) is 4.90 Å². The van der Waals surface area contributed by atoms with Crippen LogP contribution in [0.5, 0.6) is 11.5 Å². The number of carbonyl (C=O) groups is 2. The van der Waals surface area contributed by atoms with Crippen LogP contribution in [0, 0.1) is 3.57 Å². The summed E-state index contributed by atoms with van der Waals surface area (Å²) in [6, 6.07) is 23.0. The highest BCUT2D eigenvalue weighted by Crippen LogP contribution is 2.41. The van der Waals surface area contributed by atoms with Crippen molar-refractivity contribution in [2.45, 2.75) is 26.8 Å². The zero-order valence-corrected chi connectivity index (χ0v) is 24.9. The van der Waals surface area contributed by atoms with E-state index in [0.29, 0.717) is 28.2 Å². The molecule has 1 saturated heterocycles. The Balaban J connectivity index is 1.69. The number of amidine groups is 1. The van der Waals surface area contributed by atoms with E-state index in [0.717, 1.165) is 20.4 Å².